The Kier molecular flexibility index (Phi) is 6.41. The van der Waals surface area contributed by atoms with Crippen molar-refractivity contribution in [1.29, 1.82) is 5.26 Å². The van der Waals surface area contributed by atoms with Gasteiger partial charge >= 0.3 is 0 Å². The molecule has 3 rings (SSSR count). The molecule has 2 N–H and O–H groups in total. The number of pyridine rings is 1. The SMILES string of the molecule is N#Cc1cccnc1NCCNC(=O)CCC(=O)c1ccc2c(c1)OCCO2. The molecule has 0 fully saturated rings. The largest absolute Gasteiger partial charge is 0.486 e. The number of ether oxygens (including phenoxy) is 2. The summed E-state index contributed by atoms with van der Waals surface area (Å²) < 4.78 is 10.9. The zero-order valence-corrected chi connectivity index (χ0v) is 15.2. The van der Waals surface area contributed by atoms with Crippen LogP contribution >= 0.6 is 0 Å². The number of hydrogen-bond donors (Lipinski definition) is 2. The van der Waals surface area contributed by atoms with Gasteiger partial charge in [0.1, 0.15) is 25.1 Å². The molecule has 0 saturated carbocycles. The molecule has 28 heavy (non-hydrogen) atoms. The van der Waals surface area contributed by atoms with Crippen LogP contribution < -0.4 is 20.1 Å². The molecule has 1 aliphatic heterocycles. The van der Waals surface area contributed by atoms with E-state index in [1.165, 1.54) is 0 Å². The third kappa shape index (κ3) is 4.98. The number of nitrogens with zero attached hydrogens (tertiary/aromatic N) is 2. The third-order valence-electron chi connectivity index (χ3n) is 4.11. The highest BCUT2D eigenvalue weighted by Crippen LogP contribution is 2.31. The Bertz CT molecular complexity index is 907. The van der Waals surface area contributed by atoms with Crippen LogP contribution in [0.1, 0.15) is 28.8 Å². The predicted molar refractivity (Wildman–Crippen MR) is 101 cm³/mol. The normalized spacial score (nSPS) is 12.0. The zero-order valence-electron chi connectivity index (χ0n) is 15.2. The van der Waals surface area contributed by atoms with E-state index in [0.29, 0.717) is 54.7 Å². The van der Waals surface area contributed by atoms with Crippen molar-refractivity contribution in [3.8, 4) is 17.6 Å². The van der Waals surface area contributed by atoms with E-state index in [2.05, 4.69) is 15.6 Å². The number of carbonyl (C=O) groups is 2. The second-order valence-corrected chi connectivity index (χ2v) is 6.07. The number of anilines is 1. The molecular weight excluding hydrogens is 360 g/mol. The Morgan fingerprint density at radius 2 is 1.93 bits per heavy atom. The summed E-state index contributed by atoms with van der Waals surface area (Å²) in [5.41, 5.74) is 0.941. The molecule has 2 aromatic rings. The second kappa shape index (κ2) is 9.37. The molecular formula is C20H20N4O4. The topological polar surface area (TPSA) is 113 Å². The fraction of sp³-hybridized carbons (Fsp3) is 0.300. The maximum Gasteiger partial charge on any atom is 0.220 e. The van der Waals surface area contributed by atoms with Gasteiger partial charge in [0.25, 0.3) is 0 Å². The van der Waals surface area contributed by atoms with E-state index in [0.717, 1.165) is 0 Å². The van der Waals surface area contributed by atoms with Gasteiger partial charge in [-0.2, -0.15) is 5.26 Å². The van der Waals surface area contributed by atoms with Gasteiger partial charge in [-0.05, 0) is 30.3 Å². The molecule has 1 aromatic heterocycles. The third-order valence-corrected chi connectivity index (χ3v) is 4.11. The van der Waals surface area contributed by atoms with Crippen molar-refractivity contribution >= 4 is 17.5 Å². The standard InChI is InChI=1S/C20H20N4O4/c21-13-15-2-1-7-23-20(15)24-9-8-22-19(26)6-4-16(25)14-3-5-17-18(12-14)28-11-10-27-17/h1-3,5,7,12H,4,6,8-11H2,(H,22,26)(H,23,24). The smallest absolute Gasteiger partial charge is 0.220 e. The van der Waals surface area contributed by atoms with Gasteiger partial charge in [0.2, 0.25) is 5.91 Å². The molecule has 1 aromatic carbocycles. The minimum atomic E-state index is -0.214. The summed E-state index contributed by atoms with van der Waals surface area (Å²) in [7, 11) is 0. The first kappa shape index (κ1) is 19.2. The summed E-state index contributed by atoms with van der Waals surface area (Å²) in [5.74, 6) is 1.32. The van der Waals surface area contributed by atoms with Crippen molar-refractivity contribution in [2.45, 2.75) is 12.8 Å². The van der Waals surface area contributed by atoms with Crippen molar-refractivity contribution < 1.29 is 19.1 Å². The first-order valence-corrected chi connectivity index (χ1v) is 8.96. The molecule has 0 aliphatic carbocycles. The summed E-state index contributed by atoms with van der Waals surface area (Å²) in [4.78, 5) is 28.3. The molecule has 0 unspecified atom stereocenters. The van der Waals surface area contributed by atoms with Crippen molar-refractivity contribution in [1.82, 2.24) is 10.3 Å². The molecule has 0 saturated heterocycles. The summed E-state index contributed by atoms with van der Waals surface area (Å²) in [5, 5.41) is 14.7. The van der Waals surface area contributed by atoms with Crippen LogP contribution in [0.2, 0.25) is 0 Å². The first-order chi connectivity index (χ1) is 13.7. The average Bonchev–Trinajstić information content (AvgIpc) is 2.75. The number of benzene rings is 1. The van der Waals surface area contributed by atoms with E-state index in [1.54, 1.807) is 36.5 Å². The number of nitriles is 1. The van der Waals surface area contributed by atoms with Crippen LogP contribution in [-0.4, -0.2) is 43.0 Å². The number of carbonyl (C=O) groups excluding carboxylic acids is 2. The number of ketones is 1. The highest BCUT2D eigenvalue weighted by atomic mass is 16.6. The minimum absolute atomic E-state index is 0.0975. The Morgan fingerprint density at radius 3 is 2.75 bits per heavy atom. The Morgan fingerprint density at radius 1 is 1.11 bits per heavy atom. The molecule has 8 heteroatoms. The van der Waals surface area contributed by atoms with Crippen LogP contribution in [0.15, 0.2) is 36.5 Å². The molecule has 0 bridgehead atoms. The second-order valence-electron chi connectivity index (χ2n) is 6.07. The lowest BCUT2D eigenvalue weighted by molar-refractivity contribution is -0.120. The molecule has 0 spiro atoms. The number of fused-ring (bicyclic) bond motifs is 1. The van der Waals surface area contributed by atoms with Gasteiger partial charge in [0.05, 0.1) is 5.56 Å². The molecule has 144 valence electrons. The summed E-state index contributed by atoms with van der Waals surface area (Å²) in [6.07, 6.45) is 1.79. The van der Waals surface area contributed by atoms with E-state index in [1.807, 2.05) is 6.07 Å². The number of Topliss-reactive ketones (excluding diaryl/α,β-unsaturated/α-hetero) is 1. The number of rotatable bonds is 8. The summed E-state index contributed by atoms with van der Waals surface area (Å²) in [6, 6.07) is 10.4. The van der Waals surface area contributed by atoms with Gasteiger partial charge in [-0.3, -0.25) is 9.59 Å². The molecule has 8 nitrogen and oxygen atoms in total. The quantitative estimate of drug-likeness (QED) is 0.531. The molecule has 1 aliphatic rings. The fourth-order valence-electron chi connectivity index (χ4n) is 2.70. The van der Waals surface area contributed by atoms with Crippen LogP contribution in [0, 0.1) is 11.3 Å². The number of hydrogen-bond acceptors (Lipinski definition) is 7. The maximum atomic E-state index is 12.3. The van der Waals surface area contributed by atoms with Gasteiger partial charge in [-0.15, -0.1) is 0 Å². The van der Waals surface area contributed by atoms with Gasteiger partial charge in [0, 0.05) is 37.7 Å². The van der Waals surface area contributed by atoms with Crippen LogP contribution in [0.5, 0.6) is 11.5 Å². The Balaban J connectivity index is 1.39. The van der Waals surface area contributed by atoms with Crippen molar-refractivity contribution in [3.05, 3.63) is 47.7 Å². The Labute approximate surface area is 162 Å². The highest BCUT2D eigenvalue weighted by molar-refractivity contribution is 5.98. The molecule has 0 radical (unpaired) electrons. The number of amides is 1. The lowest BCUT2D eigenvalue weighted by Gasteiger charge is -2.18. The van der Waals surface area contributed by atoms with Gasteiger partial charge in [-0.1, -0.05) is 0 Å². The van der Waals surface area contributed by atoms with E-state index in [4.69, 9.17) is 14.7 Å². The van der Waals surface area contributed by atoms with Gasteiger partial charge < -0.3 is 20.1 Å². The van der Waals surface area contributed by atoms with Gasteiger partial charge in [0.15, 0.2) is 17.3 Å². The predicted octanol–water partition coefficient (Wildman–Crippen LogP) is 1.92. The minimum Gasteiger partial charge on any atom is -0.486 e. The van der Waals surface area contributed by atoms with Crippen LogP contribution in [0.4, 0.5) is 5.82 Å². The van der Waals surface area contributed by atoms with Gasteiger partial charge in [-0.25, -0.2) is 4.98 Å². The van der Waals surface area contributed by atoms with Crippen LogP contribution in [0.25, 0.3) is 0 Å². The van der Waals surface area contributed by atoms with Crippen molar-refractivity contribution in [2.75, 3.05) is 31.6 Å². The molecule has 2 heterocycles. The van der Waals surface area contributed by atoms with E-state index in [9.17, 15) is 9.59 Å². The summed E-state index contributed by atoms with van der Waals surface area (Å²) >= 11 is 0. The van der Waals surface area contributed by atoms with E-state index >= 15 is 0 Å². The number of aromatic nitrogens is 1. The molecule has 0 atom stereocenters. The average molecular weight is 380 g/mol. The van der Waals surface area contributed by atoms with Crippen molar-refractivity contribution in [2.24, 2.45) is 0 Å². The first-order valence-electron chi connectivity index (χ1n) is 8.96. The summed E-state index contributed by atoms with van der Waals surface area (Å²) in [6.45, 7) is 1.73. The van der Waals surface area contributed by atoms with E-state index in [-0.39, 0.29) is 24.5 Å². The lowest BCUT2D eigenvalue weighted by atomic mass is 10.1. The Hall–Kier alpha value is -3.60. The van der Waals surface area contributed by atoms with E-state index < -0.39 is 0 Å². The maximum absolute atomic E-state index is 12.3. The van der Waals surface area contributed by atoms with Crippen LogP contribution in [-0.2, 0) is 4.79 Å². The number of nitrogens with one attached hydrogen (secondary N) is 2. The highest BCUT2D eigenvalue weighted by Gasteiger charge is 2.15. The molecule has 1 amide bonds. The monoisotopic (exact) mass is 380 g/mol. The fourth-order valence-corrected chi connectivity index (χ4v) is 2.70. The van der Waals surface area contributed by atoms with Crippen LogP contribution in [0.3, 0.4) is 0 Å². The lowest BCUT2D eigenvalue weighted by Crippen LogP contribution is -2.29. The van der Waals surface area contributed by atoms with Crippen molar-refractivity contribution in [3.63, 3.8) is 0 Å². The zero-order chi connectivity index (χ0) is 19.8.